The zero-order chi connectivity index (χ0) is 14.1. The van der Waals surface area contributed by atoms with E-state index in [-0.39, 0.29) is 5.91 Å². The lowest BCUT2D eigenvalue weighted by molar-refractivity contribution is -0.127. The predicted octanol–water partition coefficient (Wildman–Crippen LogP) is 3.50. The van der Waals surface area contributed by atoms with Gasteiger partial charge in [-0.2, -0.15) is 0 Å². The summed E-state index contributed by atoms with van der Waals surface area (Å²) in [7, 11) is 0. The highest BCUT2D eigenvalue weighted by Crippen LogP contribution is 2.07. The number of hydrogen-bond acceptors (Lipinski definition) is 3. The van der Waals surface area contributed by atoms with Crippen LogP contribution in [-0.2, 0) is 9.53 Å². The van der Waals surface area contributed by atoms with E-state index < -0.39 is 6.09 Å². The first-order chi connectivity index (χ1) is 9.15. The average Bonchev–Trinajstić information content (AvgIpc) is 2.84. The molecule has 1 saturated heterocycles. The van der Waals surface area contributed by atoms with Crippen LogP contribution >= 0.6 is 11.6 Å². The third-order valence-electron chi connectivity index (χ3n) is 2.54. The maximum atomic E-state index is 11.2. The molecule has 104 valence electrons. The van der Waals surface area contributed by atoms with Crippen molar-refractivity contribution in [3.63, 3.8) is 0 Å². The monoisotopic (exact) mass is 283 g/mol. The smallest absolute Gasteiger partial charge is 0.416 e. The van der Waals surface area contributed by atoms with Crippen molar-refractivity contribution in [3.05, 3.63) is 35.4 Å². The summed E-state index contributed by atoms with van der Waals surface area (Å²) in [5, 5.41) is 0.794. The second kappa shape index (κ2) is 8.53. The van der Waals surface area contributed by atoms with E-state index in [4.69, 9.17) is 11.6 Å². The van der Waals surface area contributed by atoms with E-state index in [0.717, 1.165) is 17.9 Å². The standard InChI is InChI=1S/C8H13NO3.C6H5Cl/c1-2-3-4-7(10)9-5-6-12-8(9)11;7-6-4-2-1-3-5-6/h2-6H2,1H3;1-5H. The predicted molar refractivity (Wildman–Crippen MR) is 74.0 cm³/mol. The van der Waals surface area contributed by atoms with Gasteiger partial charge in [-0.3, -0.25) is 4.79 Å². The highest BCUT2D eigenvalue weighted by atomic mass is 35.5. The molecule has 0 atom stereocenters. The van der Waals surface area contributed by atoms with E-state index in [1.165, 1.54) is 4.90 Å². The molecule has 0 unspecified atom stereocenters. The zero-order valence-electron chi connectivity index (χ0n) is 11.0. The number of amides is 2. The minimum absolute atomic E-state index is 0.112. The summed E-state index contributed by atoms with van der Waals surface area (Å²) < 4.78 is 4.63. The second-order valence-corrected chi connectivity index (χ2v) is 4.50. The molecule has 1 heterocycles. The Hall–Kier alpha value is -1.55. The SMILES string of the molecule is CCCCC(=O)N1CCOC1=O.Clc1ccccc1. The van der Waals surface area contributed by atoms with Crippen molar-refractivity contribution in [2.24, 2.45) is 0 Å². The fraction of sp³-hybridized carbons (Fsp3) is 0.429. The Labute approximate surface area is 118 Å². The van der Waals surface area contributed by atoms with Crippen LogP contribution in [0.4, 0.5) is 4.79 Å². The van der Waals surface area contributed by atoms with Crippen LogP contribution in [0.2, 0.25) is 5.02 Å². The molecule has 19 heavy (non-hydrogen) atoms. The third kappa shape index (κ3) is 5.75. The molecular formula is C14H18ClNO3. The molecule has 0 saturated carbocycles. The summed E-state index contributed by atoms with van der Waals surface area (Å²) in [4.78, 5) is 23.3. The van der Waals surface area contributed by atoms with Crippen LogP contribution in [0.15, 0.2) is 30.3 Å². The van der Waals surface area contributed by atoms with Gasteiger partial charge in [0.1, 0.15) is 6.61 Å². The first-order valence-corrected chi connectivity index (χ1v) is 6.70. The van der Waals surface area contributed by atoms with Crippen molar-refractivity contribution in [2.45, 2.75) is 26.2 Å². The fourth-order valence-corrected chi connectivity index (χ4v) is 1.64. The summed E-state index contributed by atoms with van der Waals surface area (Å²) in [6.07, 6.45) is 1.76. The Morgan fingerprint density at radius 1 is 1.37 bits per heavy atom. The molecule has 0 aliphatic carbocycles. The van der Waals surface area contributed by atoms with Gasteiger partial charge in [-0.25, -0.2) is 9.69 Å². The second-order valence-electron chi connectivity index (χ2n) is 4.06. The molecule has 0 radical (unpaired) electrons. The zero-order valence-corrected chi connectivity index (χ0v) is 11.7. The van der Waals surface area contributed by atoms with Gasteiger partial charge in [0.2, 0.25) is 5.91 Å². The lowest BCUT2D eigenvalue weighted by atomic mass is 10.2. The number of benzene rings is 1. The van der Waals surface area contributed by atoms with E-state index in [0.29, 0.717) is 19.6 Å². The molecule has 1 aliphatic heterocycles. The molecule has 1 aromatic carbocycles. The van der Waals surface area contributed by atoms with Crippen LogP contribution in [-0.4, -0.2) is 30.1 Å². The van der Waals surface area contributed by atoms with Crippen LogP contribution in [0.3, 0.4) is 0 Å². The van der Waals surface area contributed by atoms with Crippen molar-refractivity contribution in [2.75, 3.05) is 13.2 Å². The first kappa shape index (κ1) is 15.5. The molecule has 0 aromatic heterocycles. The van der Waals surface area contributed by atoms with Crippen LogP contribution < -0.4 is 0 Å². The molecule has 0 bridgehead atoms. The van der Waals surface area contributed by atoms with Crippen LogP contribution in [0.25, 0.3) is 0 Å². The highest BCUT2D eigenvalue weighted by molar-refractivity contribution is 6.30. The fourth-order valence-electron chi connectivity index (χ4n) is 1.50. The number of nitrogens with zero attached hydrogens (tertiary/aromatic N) is 1. The van der Waals surface area contributed by atoms with Crippen LogP contribution in [0, 0.1) is 0 Å². The number of imide groups is 1. The number of ether oxygens (including phenoxy) is 1. The molecule has 2 rings (SSSR count). The van der Waals surface area contributed by atoms with Gasteiger partial charge in [0.05, 0.1) is 6.54 Å². The maximum Gasteiger partial charge on any atom is 0.416 e. The number of cyclic esters (lactones) is 1. The molecule has 1 aliphatic rings. The van der Waals surface area contributed by atoms with Crippen molar-refractivity contribution < 1.29 is 14.3 Å². The summed E-state index contributed by atoms with van der Waals surface area (Å²) in [6, 6.07) is 9.44. The molecular weight excluding hydrogens is 266 g/mol. The lowest BCUT2D eigenvalue weighted by Gasteiger charge is -2.09. The number of halogens is 1. The Kier molecular flexibility index (Phi) is 6.97. The minimum atomic E-state index is -0.490. The van der Waals surface area contributed by atoms with Crippen molar-refractivity contribution in [1.29, 1.82) is 0 Å². The topological polar surface area (TPSA) is 46.6 Å². The van der Waals surface area contributed by atoms with E-state index >= 15 is 0 Å². The van der Waals surface area contributed by atoms with Gasteiger partial charge >= 0.3 is 6.09 Å². The lowest BCUT2D eigenvalue weighted by Crippen LogP contribution is -2.31. The van der Waals surface area contributed by atoms with Crippen molar-refractivity contribution in [1.82, 2.24) is 4.90 Å². The number of carbonyl (C=O) groups is 2. The van der Waals surface area contributed by atoms with Crippen LogP contribution in [0.5, 0.6) is 0 Å². The summed E-state index contributed by atoms with van der Waals surface area (Å²) >= 11 is 5.54. The summed E-state index contributed by atoms with van der Waals surface area (Å²) in [6.45, 7) is 2.77. The minimum Gasteiger partial charge on any atom is -0.447 e. The number of rotatable bonds is 3. The summed E-state index contributed by atoms with van der Waals surface area (Å²) in [5.41, 5.74) is 0. The Balaban J connectivity index is 0.000000218. The van der Waals surface area contributed by atoms with E-state index in [2.05, 4.69) is 4.74 Å². The van der Waals surface area contributed by atoms with Gasteiger partial charge < -0.3 is 4.74 Å². The van der Waals surface area contributed by atoms with Crippen LogP contribution in [0.1, 0.15) is 26.2 Å². The Morgan fingerprint density at radius 2 is 2.05 bits per heavy atom. The van der Waals surface area contributed by atoms with E-state index in [1.807, 2.05) is 37.3 Å². The largest absolute Gasteiger partial charge is 0.447 e. The van der Waals surface area contributed by atoms with Gasteiger partial charge in [0.25, 0.3) is 0 Å². The molecule has 1 aromatic rings. The quantitative estimate of drug-likeness (QED) is 0.853. The molecule has 2 amide bonds. The Morgan fingerprint density at radius 3 is 2.47 bits per heavy atom. The van der Waals surface area contributed by atoms with Gasteiger partial charge in [-0.15, -0.1) is 0 Å². The average molecular weight is 284 g/mol. The number of carbonyl (C=O) groups excluding carboxylic acids is 2. The highest BCUT2D eigenvalue weighted by Gasteiger charge is 2.27. The molecule has 0 spiro atoms. The normalized spacial score (nSPS) is 13.6. The molecule has 5 heteroatoms. The Bertz CT molecular complexity index is 408. The number of unbranched alkanes of at least 4 members (excludes halogenated alkanes) is 1. The van der Waals surface area contributed by atoms with Crippen molar-refractivity contribution in [3.8, 4) is 0 Å². The summed E-state index contributed by atoms with van der Waals surface area (Å²) in [5.74, 6) is -0.112. The first-order valence-electron chi connectivity index (χ1n) is 6.32. The van der Waals surface area contributed by atoms with E-state index in [1.54, 1.807) is 0 Å². The maximum absolute atomic E-state index is 11.2. The molecule has 4 nitrogen and oxygen atoms in total. The number of hydrogen-bond donors (Lipinski definition) is 0. The molecule has 0 N–H and O–H groups in total. The van der Waals surface area contributed by atoms with E-state index in [9.17, 15) is 9.59 Å². The van der Waals surface area contributed by atoms with Crippen molar-refractivity contribution >= 4 is 23.6 Å². The van der Waals surface area contributed by atoms with Gasteiger partial charge in [-0.05, 0) is 18.6 Å². The van der Waals surface area contributed by atoms with Gasteiger partial charge in [-0.1, -0.05) is 43.1 Å². The van der Waals surface area contributed by atoms with Gasteiger partial charge in [0, 0.05) is 11.4 Å². The third-order valence-corrected chi connectivity index (χ3v) is 2.79. The molecule has 1 fully saturated rings. The van der Waals surface area contributed by atoms with Gasteiger partial charge in [0.15, 0.2) is 0 Å².